The minimum Gasteiger partial charge on any atom is -0.338 e. The number of nitrogens with one attached hydrogen (secondary N) is 1. The second-order valence-electron chi connectivity index (χ2n) is 4.63. The van der Waals surface area contributed by atoms with Crippen molar-refractivity contribution in [3.05, 3.63) is 11.7 Å². The zero-order valence-corrected chi connectivity index (χ0v) is 10.1. The van der Waals surface area contributed by atoms with Gasteiger partial charge in [0.15, 0.2) is 5.82 Å². The molecule has 1 aliphatic heterocycles. The Morgan fingerprint density at radius 1 is 1.44 bits per heavy atom. The lowest BCUT2D eigenvalue weighted by Crippen LogP contribution is -2.34. The molecule has 5 heteroatoms. The standard InChI is InChI=1S/C11H20N4O/c1-9-13-11(16-14-9)8-15(2)7-10-3-5-12-6-4-10/h10,12H,3-8H2,1-2H3. The van der Waals surface area contributed by atoms with Gasteiger partial charge in [-0.3, -0.25) is 4.90 Å². The molecule has 0 saturated carbocycles. The Balaban J connectivity index is 1.77. The first kappa shape index (κ1) is 11.5. The third-order valence-electron chi connectivity index (χ3n) is 3.00. The highest BCUT2D eigenvalue weighted by atomic mass is 16.5. The van der Waals surface area contributed by atoms with Gasteiger partial charge in [0.1, 0.15) is 0 Å². The minimum atomic E-state index is 0.713. The van der Waals surface area contributed by atoms with Gasteiger partial charge < -0.3 is 9.84 Å². The molecule has 0 radical (unpaired) electrons. The molecule has 1 aromatic rings. The monoisotopic (exact) mass is 224 g/mol. The van der Waals surface area contributed by atoms with Gasteiger partial charge in [-0.05, 0) is 45.8 Å². The smallest absolute Gasteiger partial charge is 0.240 e. The van der Waals surface area contributed by atoms with Crippen molar-refractivity contribution in [3.8, 4) is 0 Å². The van der Waals surface area contributed by atoms with Crippen molar-refractivity contribution >= 4 is 0 Å². The third kappa shape index (κ3) is 3.28. The molecule has 0 bridgehead atoms. The molecule has 1 saturated heterocycles. The molecule has 2 rings (SSSR count). The largest absolute Gasteiger partial charge is 0.338 e. The van der Waals surface area contributed by atoms with Gasteiger partial charge in [-0.2, -0.15) is 4.98 Å². The minimum absolute atomic E-state index is 0.713. The van der Waals surface area contributed by atoms with Crippen LogP contribution in [0.4, 0.5) is 0 Å². The highest BCUT2D eigenvalue weighted by Gasteiger charge is 2.16. The lowest BCUT2D eigenvalue weighted by Gasteiger charge is -2.26. The van der Waals surface area contributed by atoms with Gasteiger partial charge in [0.05, 0.1) is 6.54 Å². The SMILES string of the molecule is Cc1noc(CN(C)CC2CCNCC2)n1. The lowest BCUT2D eigenvalue weighted by molar-refractivity contribution is 0.210. The predicted octanol–water partition coefficient (Wildman–Crippen LogP) is 0.809. The Labute approximate surface area is 96.2 Å². The van der Waals surface area contributed by atoms with Crippen LogP contribution in [0.2, 0.25) is 0 Å². The molecule has 16 heavy (non-hydrogen) atoms. The maximum atomic E-state index is 5.11. The van der Waals surface area contributed by atoms with E-state index < -0.39 is 0 Å². The normalized spacial score (nSPS) is 18.2. The highest BCUT2D eigenvalue weighted by molar-refractivity contribution is 4.83. The first-order valence-corrected chi connectivity index (χ1v) is 5.92. The summed E-state index contributed by atoms with van der Waals surface area (Å²) in [7, 11) is 2.11. The third-order valence-corrected chi connectivity index (χ3v) is 3.00. The molecule has 5 nitrogen and oxygen atoms in total. The van der Waals surface area contributed by atoms with E-state index in [1.165, 1.54) is 12.8 Å². The van der Waals surface area contributed by atoms with Crippen LogP contribution in [0, 0.1) is 12.8 Å². The first-order valence-electron chi connectivity index (χ1n) is 5.92. The average molecular weight is 224 g/mol. The van der Waals surface area contributed by atoms with Crippen LogP contribution >= 0.6 is 0 Å². The summed E-state index contributed by atoms with van der Waals surface area (Å²) < 4.78 is 5.11. The van der Waals surface area contributed by atoms with Gasteiger partial charge in [-0.1, -0.05) is 5.16 Å². The van der Waals surface area contributed by atoms with E-state index in [2.05, 4.69) is 27.4 Å². The van der Waals surface area contributed by atoms with Crippen molar-refractivity contribution in [1.29, 1.82) is 0 Å². The Bertz CT molecular complexity index is 320. The van der Waals surface area contributed by atoms with Gasteiger partial charge in [0, 0.05) is 6.54 Å². The van der Waals surface area contributed by atoms with Gasteiger partial charge in [0.25, 0.3) is 0 Å². The van der Waals surface area contributed by atoms with Crippen molar-refractivity contribution in [2.24, 2.45) is 5.92 Å². The van der Waals surface area contributed by atoms with Crippen LogP contribution in [0.25, 0.3) is 0 Å². The first-order chi connectivity index (χ1) is 7.74. The molecule has 1 aromatic heterocycles. The van der Waals surface area contributed by atoms with E-state index in [0.29, 0.717) is 11.7 Å². The Morgan fingerprint density at radius 2 is 2.19 bits per heavy atom. The predicted molar refractivity (Wildman–Crippen MR) is 61.0 cm³/mol. The number of piperidine rings is 1. The zero-order valence-electron chi connectivity index (χ0n) is 10.1. The Kier molecular flexibility index (Phi) is 3.90. The fourth-order valence-electron chi connectivity index (χ4n) is 2.20. The summed E-state index contributed by atoms with van der Waals surface area (Å²) in [6.45, 7) is 6.02. The van der Waals surface area contributed by atoms with Crippen molar-refractivity contribution in [2.75, 3.05) is 26.7 Å². The molecule has 2 heterocycles. The lowest BCUT2D eigenvalue weighted by atomic mass is 9.98. The van der Waals surface area contributed by atoms with Crippen molar-refractivity contribution in [3.63, 3.8) is 0 Å². The molecular weight excluding hydrogens is 204 g/mol. The molecule has 1 aliphatic rings. The topological polar surface area (TPSA) is 54.2 Å². The second kappa shape index (κ2) is 5.41. The van der Waals surface area contributed by atoms with Gasteiger partial charge in [0.2, 0.25) is 5.89 Å². The summed E-state index contributed by atoms with van der Waals surface area (Å²) in [5.41, 5.74) is 0. The van der Waals surface area contributed by atoms with Crippen LogP contribution in [0.3, 0.4) is 0 Å². The van der Waals surface area contributed by atoms with Crippen LogP contribution in [0.5, 0.6) is 0 Å². The van der Waals surface area contributed by atoms with Crippen LogP contribution < -0.4 is 5.32 Å². The van der Waals surface area contributed by atoms with Gasteiger partial charge in [-0.15, -0.1) is 0 Å². The van der Waals surface area contributed by atoms with Crippen LogP contribution in [-0.4, -0.2) is 41.7 Å². The molecule has 0 unspecified atom stereocenters. The number of aromatic nitrogens is 2. The molecular formula is C11H20N4O. The number of hydrogen-bond donors (Lipinski definition) is 1. The molecule has 0 amide bonds. The van der Waals surface area contributed by atoms with E-state index >= 15 is 0 Å². The van der Waals surface area contributed by atoms with Crippen molar-refractivity contribution in [1.82, 2.24) is 20.4 Å². The van der Waals surface area contributed by atoms with E-state index in [1.807, 2.05) is 6.92 Å². The van der Waals surface area contributed by atoms with Crippen LogP contribution in [0.15, 0.2) is 4.52 Å². The molecule has 90 valence electrons. The number of rotatable bonds is 4. The number of hydrogen-bond acceptors (Lipinski definition) is 5. The molecule has 0 atom stereocenters. The van der Waals surface area contributed by atoms with Crippen LogP contribution in [0.1, 0.15) is 24.6 Å². The zero-order chi connectivity index (χ0) is 11.4. The Hall–Kier alpha value is -0.940. The molecule has 1 N–H and O–H groups in total. The molecule has 0 spiro atoms. The highest BCUT2D eigenvalue weighted by Crippen LogP contribution is 2.13. The average Bonchev–Trinajstić information content (AvgIpc) is 2.65. The number of aryl methyl sites for hydroxylation is 1. The summed E-state index contributed by atoms with van der Waals surface area (Å²) in [5, 5.41) is 7.18. The van der Waals surface area contributed by atoms with E-state index in [1.54, 1.807) is 0 Å². The summed E-state index contributed by atoms with van der Waals surface area (Å²) in [6.07, 6.45) is 2.54. The second-order valence-corrected chi connectivity index (χ2v) is 4.63. The van der Waals surface area contributed by atoms with Crippen LogP contribution in [-0.2, 0) is 6.54 Å². The molecule has 0 aromatic carbocycles. The summed E-state index contributed by atoms with van der Waals surface area (Å²) in [6, 6.07) is 0. The van der Waals surface area contributed by atoms with E-state index in [9.17, 15) is 0 Å². The fraction of sp³-hybridized carbons (Fsp3) is 0.818. The van der Waals surface area contributed by atoms with Crippen molar-refractivity contribution in [2.45, 2.75) is 26.3 Å². The fourth-order valence-corrected chi connectivity index (χ4v) is 2.20. The maximum Gasteiger partial charge on any atom is 0.240 e. The van der Waals surface area contributed by atoms with Crippen molar-refractivity contribution < 1.29 is 4.52 Å². The number of nitrogens with zero attached hydrogens (tertiary/aromatic N) is 3. The molecule has 1 fully saturated rings. The van der Waals surface area contributed by atoms with E-state index in [0.717, 1.165) is 32.1 Å². The summed E-state index contributed by atoms with van der Waals surface area (Å²) >= 11 is 0. The summed E-state index contributed by atoms with van der Waals surface area (Å²) in [5.74, 6) is 2.23. The van der Waals surface area contributed by atoms with Gasteiger partial charge in [-0.25, -0.2) is 0 Å². The molecule has 0 aliphatic carbocycles. The van der Waals surface area contributed by atoms with Gasteiger partial charge >= 0.3 is 0 Å². The van der Waals surface area contributed by atoms with E-state index in [-0.39, 0.29) is 0 Å². The quantitative estimate of drug-likeness (QED) is 0.820. The van der Waals surface area contributed by atoms with E-state index in [4.69, 9.17) is 4.52 Å². The maximum absolute atomic E-state index is 5.11. The Morgan fingerprint density at radius 3 is 2.81 bits per heavy atom. The summed E-state index contributed by atoms with van der Waals surface area (Å²) in [4.78, 5) is 6.48.